The lowest BCUT2D eigenvalue weighted by atomic mass is 10.2. The Labute approximate surface area is 114 Å². The number of nitrogens with one attached hydrogen (secondary N) is 1. The van der Waals surface area contributed by atoms with E-state index in [1.54, 1.807) is 6.07 Å². The molecule has 0 saturated carbocycles. The van der Waals surface area contributed by atoms with Gasteiger partial charge in [0.15, 0.2) is 0 Å². The highest BCUT2D eigenvalue weighted by molar-refractivity contribution is 7.89. The molecule has 0 aliphatic rings. The molecule has 18 heavy (non-hydrogen) atoms. The Balaban J connectivity index is 2.88. The van der Waals surface area contributed by atoms with Gasteiger partial charge in [-0.15, -0.1) is 0 Å². The molecule has 0 bridgehead atoms. The summed E-state index contributed by atoms with van der Waals surface area (Å²) in [6.45, 7) is 0.405. The topological polar surface area (TPSA) is 89.3 Å². The van der Waals surface area contributed by atoms with Gasteiger partial charge in [0.25, 0.3) is 0 Å². The van der Waals surface area contributed by atoms with Gasteiger partial charge >= 0.3 is 0 Å². The standard InChI is InChI=1S/C10H15ClN2O3S2/c1-17(14)5-4-13-18(15,16)10-3-2-8(7-12)6-9(10)11/h2-3,6,13H,4-5,7,12H2,1H3. The predicted molar refractivity (Wildman–Crippen MR) is 73.5 cm³/mol. The highest BCUT2D eigenvalue weighted by atomic mass is 35.5. The summed E-state index contributed by atoms with van der Waals surface area (Å²) in [6.07, 6.45) is 1.51. The summed E-state index contributed by atoms with van der Waals surface area (Å²) in [7, 11) is -4.71. The van der Waals surface area contributed by atoms with E-state index in [1.807, 2.05) is 0 Å². The molecular weight excluding hydrogens is 296 g/mol. The zero-order valence-corrected chi connectivity index (χ0v) is 12.2. The lowest BCUT2D eigenvalue weighted by Crippen LogP contribution is -2.28. The number of hydrogen-bond acceptors (Lipinski definition) is 4. The summed E-state index contributed by atoms with van der Waals surface area (Å²) < 4.78 is 37.0. The molecule has 8 heteroatoms. The Bertz CT molecular complexity index is 546. The maximum absolute atomic E-state index is 11.9. The molecule has 102 valence electrons. The third-order valence-corrected chi connectivity index (χ3v) is 4.93. The number of halogens is 1. The molecular formula is C10H15ClN2O3S2. The van der Waals surface area contributed by atoms with Gasteiger partial charge in [0.2, 0.25) is 10.0 Å². The Hall–Kier alpha value is -0.470. The molecule has 3 N–H and O–H groups in total. The SMILES string of the molecule is CS(=O)CCNS(=O)(=O)c1ccc(CN)cc1Cl. The maximum Gasteiger partial charge on any atom is 0.242 e. The molecule has 0 spiro atoms. The van der Waals surface area contributed by atoms with E-state index in [0.29, 0.717) is 6.54 Å². The zero-order chi connectivity index (χ0) is 13.8. The minimum Gasteiger partial charge on any atom is -0.326 e. The van der Waals surface area contributed by atoms with E-state index in [1.165, 1.54) is 18.4 Å². The zero-order valence-electron chi connectivity index (χ0n) is 9.85. The van der Waals surface area contributed by atoms with Crippen LogP contribution in [0.3, 0.4) is 0 Å². The molecule has 0 aromatic heterocycles. The number of rotatable bonds is 6. The first kappa shape index (κ1) is 15.6. The van der Waals surface area contributed by atoms with E-state index < -0.39 is 20.8 Å². The molecule has 1 atom stereocenters. The van der Waals surface area contributed by atoms with Crippen LogP contribution in [0.1, 0.15) is 5.56 Å². The molecule has 1 aromatic carbocycles. The smallest absolute Gasteiger partial charge is 0.242 e. The monoisotopic (exact) mass is 310 g/mol. The van der Waals surface area contributed by atoms with Crippen LogP contribution < -0.4 is 10.5 Å². The van der Waals surface area contributed by atoms with E-state index in [9.17, 15) is 12.6 Å². The van der Waals surface area contributed by atoms with Crippen molar-refractivity contribution in [1.82, 2.24) is 4.72 Å². The van der Waals surface area contributed by atoms with Crippen molar-refractivity contribution in [2.75, 3.05) is 18.6 Å². The van der Waals surface area contributed by atoms with E-state index in [-0.39, 0.29) is 22.2 Å². The predicted octanol–water partition coefficient (Wildman–Crippen LogP) is 0.456. The average molecular weight is 311 g/mol. The van der Waals surface area contributed by atoms with Crippen molar-refractivity contribution < 1.29 is 12.6 Å². The average Bonchev–Trinajstić information content (AvgIpc) is 2.27. The minimum atomic E-state index is -3.67. The Morgan fingerprint density at radius 1 is 1.44 bits per heavy atom. The summed E-state index contributed by atoms with van der Waals surface area (Å²) in [5.41, 5.74) is 6.19. The van der Waals surface area contributed by atoms with Crippen molar-refractivity contribution in [1.29, 1.82) is 0 Å². The number of sulfonamides is 1. The molecule has 0 saturated heterocycles. The fraction of sp³-hybridized carbons (Fsp3) is 0.400. The summed E-state index contributed by atoms with van der Waals surface area (Å²) in [4.78, 5) is 0.00301. The number of benzene rings is 1. The Kier molecular flexibility index (Phi) is 5.74. The molecule has 1 unspecified atom stereocenters. The molecule has 0 amide bonds. The second kappa shape index (κ2) is 6.63. The molecule has 1 rings (SSSR count). The first-order valence-corrected chi connectivity index (χ1v) is 8.74. The second-order valence-electron chi connectivity index (χ2n) is 3.64. The largest absolute Gasteiger partial charge is 0.326 e. The minimum absolute atomic E-state index is 0.00301. The lowest BCUT2D eigenvalue weighted by Gasteiger charge is -2.08. The molecule has 0 radical (unpaired) electrons. The lowest BCUT2D eigenvalue weighted by molar-refractivity contribution is 0.584. The fourth-order valence-corrected chi connectivity index (χ4v) is 3.40. The van der Waals surface area contributed by atoms with Gasteiger partial charge in [0, 0.05) is 35.9 Å². The van der Waals surface area contributed by atoms with Crippen LogP contribution in [0.4, 0.5) is 0 Å². The van der Waals surface area contributed by atoms with Crippen molar-refractivity contribution in [2.24, 2.45) is 5.73 Å². The van der Waals surface area contributed by atoms with Gasteiger partial charge < -0.3 is 5.73 Å². The fourth-order valence-electron chi connectivity index (χ4n) is 1.29. The highest BCUT2D eigenvalue weighted by Gasteiger charge is 2.17. The highest BCUT2D eigenvalue weighted by Crippen LogP contribution is 2.22. The van der Waals surface area contributed by atoms with Crippen LogP contribution in [0.15, 0.2) is 23.1 Å². The van der Waals surface area contributed by atoms with Gasteiger partial charge in [0.05, 0.1) is 5.02 Å². The summed E-state index contributed by atoms with van der Waals surface area (Å²) >= 11 is 5.90. The van der Waals surface area contributed by atoms with Crippen LogP contribution in [-0.4, -0.2) is 31.2 Å². The van der Waals surface area contributed by atoms with Crippen LogP contribution >= 0.6 is 11.6 Å². The Morgan fingerprint density at radius 2 is 2.11 bits per heavy atom. The first-order valence-electron chi connectivity index (χ1n) is 5.15. The van der Waals surface area contributed by atoms with Crippen LogP contribution in [-0.2, 0) is 27.4 Å². The molecule has 5 nitrogen and oxygen atoms in total. The van der Waals surface area contributed by atoms with E-state index in [2.05, 4.69) is 4.72 Å². The molecule has 0 heterocycles. The third-order valence-electron chi connectivity index (χ3n) is 2.20. The number of nitrogens with two attached hydrogens (primary N) is 1. The molecule has 0 fully saturated rings. The quantitative estimate of drug-likeness (QED) is 0.798. The van der Waals surface area contributed by atoms with Gasteiger partial charge in [-0.3, -0.25) is 4.21 Å². The van der Waals surface area contributed by atoms with Crippen molar-refractivity contribution in [3.8, 4) is 0 Å². The van der Waals surface area contributed by atoms with Crippen LogP contribution in [0.2, 0.25) is 5.02 Å². The van der Waals surface area contributed by atoms with Crippen molar-refractivity contribution in [3.05, 3.63) is 28.8 Å². The van der Waals surface area contributed by atoms with Crippen LogP contribution in [0.25, 0.3) is 0 Å². The van der Waals surface area contributed by atoms with Crippen LogP contribution in [0.5, 0.6) is 0 Å². The molecule has 0 aliphatic heterocycles. The summed E-state index contributed by atoms with van der Waals surface area (Å²) in [5, 5.41) is 0.128. The van der Waals surface area contributed by atoms with Gasteiger partial charge in [-0.1, -0.05) is 17.7 Å². The van der Waals surface area contributed by atoms with Gasteiger partial charge in [0.1, 0.15) is 4.90 Å². The van der Waals surface area contributed by atoms with Gasteiger partial charge in [-0.2, -0.15) is 0 Å². The third kappa shape index (κ3) is 4.33. The molecule has 0 aliphatic carbocycles. The summed E-state index contributed by atoms with van der Waals surface area (Å²) in [6, 6.07) is 4.54. The summed E-state index contributed by atoms with van der Waals surface area (Å²) in [5.74, 6) is 0.262. The van der Waals surface area contributed by atoms with Crippen molar-refractivity contribution in [2.45, 2.75) is 11.4 Å². The first-order chi connectivity index (χ1) is 8.36. The normalized spacial score (nSPS) is 13.5. The van der Waals surface area contributed by atoms with Crippen LogP contribution in [0, 0.1) is 0 Å². The van der Waals surface area contributed by atoms with E-state index in [4.69, 9.17) is 17.3 Å². The molecule has 1 aromatic rings. The maximum atomic E-state index is 11.9. The number of hydrogen-bond donors (Lipinski definition) is 2. The van der Waals surface area contributed by atoms with E-state index in [0.717, 1.165) is 5.56 Å². The van der Waals surface area contributed by atoms with Gasteiger partial charge in [-0.25, -0.2) is 13.1 Å². The Morgan fingerprint density at radius 3 is 2.61 bits per heavy atom. The second-order valence-corrected chi connectivity index (χ2v) is 7.34. The van der Waals surface area contributed by atoms with Crippen molar-refractivity contribution >= 4 is 32.4 Å². The van der Waals surface area contributed by atoms with Crippen molar-refractivity contribution in [3.63, 3.8) is 0 Å². The van der Waals surface area contributed by atoms with E-state index >= 15 is 0 Å². The van der Waals surface area contributed by atoms with Gasteiger partial charge in [-0.05, 0) is 17.7 Å².